The molecule has 2 rings (SSSR count). The van der Waals surface area contributed by atoms with Crippen LogP contribution in [0.5, 0.6) is 0 Å². The molecule has 2 aliphatic rings. The fourth-order valence-corrected chi connectivity index (χ4v) is 1.93. The van der Waals surface area contributed by atoms with Gasteiger partial charge in [0.05, 0.1) is 0 Å². The zero-order valence-electron chi connectivity index (χ0n) is 7.11. The summed E-state index contributed by atoms with van der Waals surface area (Å²) in [4.78, 5) is 0. The van der Waals surface area contributed by atoms with E-state index in [-0.39, 0.29) is 57.3 Å². The van der Waals surface area contributed by atoms with Gasteiger partial charge >= 0.3 is 58.4 Å². The Kier molecular flexibility index (Phi) is 3.28. The van der Waals surface area contributed by atoms with Crippen LogP contribution >= 0.6 is 0 Å². The molecule has 0 saturated heterocycles. The topological polar surface area (TPSA) is 0 Å². The summed E-state index contributed by atoms with van der Waals surface area (Å²) in [5.41, 5.74) is 0. The third kappa shape index (κ3) is 2.14. The number of rotatable bonds is 2. The second-order valence-electron chi connectivity index (χ2n) is 3.69. The summed E-state index contributed by atoms with van der Waals surface area (Å²) < 4.78 is 61.0. The van der Waals surface area contributed by atoms with Crippen LogP contribution < -0.4 is 51.4 Å². The van der Waals surface area contributed by atoms with Crippen molar-refractivity contribution in [2.45, 2.75) is 24.6 Å². The molecule has 0 amide bonds. The van der Waals surface area contributed by atoms with Gasteiger partial charge in [-0.25, -0.2) is 8.78 Å². The molecule has 7 heteroatoms. The van der Waals surface area contributed by atoms with Gasteiger partial charge in [0, 0.05) is 5.92 Å². The fraction of sp³-hybridized carbons (Fsp3) is 1.00. The van der Waals surface area contributed by atoms with E-state index in [1.165, 1.54) is 0 Å². The molecule has 0 heterocycles. The SMILES string of the molecule is F[B-](F)(F)C1C(C2CC2)C1(F)F.[K+]. The van der Waals surface area contributed by atoms with Crippen LogP contribution in [0, 0.1) is 11.8 Å². The van der Waals surface area contributed by atoms with E-state index in [2.05, 4.69) is 0 Å². The second-order valence-corrected chi connectivity index (χ2v) is 3.69. The Hall–Kier alpha value is 1.35. The minimum Gasteiger partial charge on any atom is -0.449 e. The molecule has 2 fully saturated rings. The van der Waals surface area contributed by atoms with E-state index < -0.39 is 24.6 Å². The van der Waals surface area contributed by atoms with Crippen LogP contribution in [0.1, 0.15) is 12.8 Å². The molecule has 2 atom stereocenters. The average Bonchev–Trinajstić information content (AvgIpc) is 2.60. The summed E-state index contributed by atoms with van der Waals surface area (Å²) in [6.07, 6.45) is 1.09. The first-order chi connectivity index (χ1) is 5.35. The van der Waals surface area contributed by atoms with Crippen molar-refractivity contribution < 1.29 is 73.1 Å². The Morgan fingerprint density at radius 1 is 1.08 bits per heavy atom. The zero-order chi connectivity index (χ0) is 9.15. The van der Waals surface area contributed by atoms with Crippen molar-refractivity contribution in [2.75, 3.05) is 0 Å². The van der Waals surface area contributed by atoms with Gasteiger partial charge in [0.15, 0.2) is 0 Å². The molecular formula is C6H7BF5K. The van der Waals surface area contributed by atoms with E-state index in [0.29, 0.717) is 12.8 Å². The first kappa shape index (κ1) is 12.4. The van der Waals surface area contributed by atoms with Gasteiger partial charge in [-0.3, -0.25) is 0 Å². The molecule has 13 heavy (non-hydrogen) atoms. The molecule has 0 aromatic heterocycles. The van der Waals surface area contributed by atoms with Crippen LogP contribution in [0.15, 0.2) is 0 Å². The fourth-order valence-electron chi connectivity index (χ4n) is 1.93. The monoisotopic (exact) mass is 224 g/mol. The third-order valence-electron chi connectivity index (χ3n) is 2.70. The van der Waals surface area contributed by atoms with E-state index in [0.717, 1.165) is 0 Å². The summed E-state index contributed by atoms with van der Waals surface area (Å²) in [7, 11) is 0. The summed E-state index contributed by atoms with van der Waals surface area (Å²) in [6, 6.07) is 0. The minimum absolute atomic E-state index is 0. The van der Waals surface area contributed by atoms with Crippen molar-refractivity contribution in [1.82, 2.24) is 0 Å². The molecule has 0 aromatic carbocycles. The van der Waals surface area contributed by atoms with Crippen molar-refractivity contribution >= 4 is 6.98 Å². The normalized spacial score (nSPS) is 36.7. The van der Waals surface area contributed by atoms with Crippen LogP contribution in [0.25, 0.3) is 0 Å². The Bertz CT molecular complexity index is 212. The molecule has 2 unspecified atom stereocenters. The third-order valence-corrected chi connectivity index (χ3v) is 2.70. The van der Waals surface area contributed by atoms with Gasteiger partial charge < -0.3 is 12.9 Å². The van der Waals surface area contributed by atoms with Crippen molar-refractivity contribution in [3.63, 3.8) is 0 Å². The largest absolute Gasteiger partial charge is 1.00 e. The maximum absolute atomic E-state index is 12.5. The first-order valence-corrected chi connectivity index (χ1v) is 3.93. The predicted octanol–water partition coefficient (Wildman–Crippen LogP) is -0.117. The van der Waals surface area contributed by atoms with Crippen LogP contribution in [-0.4, -0.2) is 12.9 Å². The average molecular weight is 224 g/mol. The van der Waals surface area contributed by atoms with E-state index in [1.807, 2.05) is 0 Å². The number of alkyl halides is 2. The quantitative estimate of drug-likeness (QED) is 0.453. The second kappa shape index (κ2) is 3.43. The standard InChI is InChI=1S/C6H7BF5.K/c8-6(9)4(3-1-2-3)5(6)7(10,11)12;/h3-5H,1-2H2;/q-1;+1. The van der Waals surface area contributed by atoms with E-state index in [1.54, 1.807) is 0 Å². The summed E-state index contributed by atoms with van der Waals surface area (Å²) >= 11 is 0. The zero-order valence-corrected chi connectivity index (χ0v) is 10.2. The Morgan fingerprint density at radius 3 is 1.77 bits per heavy atom. The van der Waals surface area contributed by atoms with E-state index >= 15 is 0 Å². The molecule has 2 aliphatic carbocycles. The number of hydrogen-bond donors (Lipinski definition) is 0. The minimum atomic E-state index is -5.33. The molecular weight excluding hydrogens is 217 g/mol. The van der Waals surface area contributed by atoms with Crippen molar-refractivity contribution in [2.24, 2.45) is 11.8 Å². The summed E-state index contributed by atoms with van der Waals surface area (Å²) in [6.45, 7) is -5.33. The molecule has 0 nitrogen and oxygen atoms in total. The Morgan fingerprint density at radius 2 is 1.54 bits per heavy atom. The van der Waals surface area contributed by atoms with Gasteiger partial charge in [-0.1, -0.05) is 0 Å². The number of halogens is 5. The molecule has 0 spiro atoms. The Labute approximate surface area is 115 Å². The maximum Gasteiger partial charge on any atom is 1.00 e. The first-order valence-electron chi connectivity index (χ1n) is 3.93. The van der Waals surface area contributed by atoms with Crippen LogP contribution in [0.2, 0.25) is 5.82 Å². The van der Waals surface area contributed by atoms with E-state index in [9.17, 15) is 21.7 Å². The molecule has 0 aliphatic heterocycles. The van der Waals surface area contributed by atoms with Gasteiger partial charge in [0.25, 0.3) is 0 Å². The van der Waals surface area contributed by atoms with Crippen molar-refractivity contribution in [3.05, 3.63) is 0 Å². The van der Waals surface area contributed by atoms with Crippen molar-refractivity contribution in [1.29, 1.82) is 0 Å². The van der Waals surface area contributed by atoms with Gasteiger partial charge in [0.2, 0.25) is 5.92 Å². The summed E-state index contributed by atoms with van der Waals surface area (Å²) in [5, 5.41) is 0. The Balaban J connectivity index is 0.000000845. The molecule has 0 radical (unpaired) electrons. The number of hydrogen-bond acceptors (Lipinski definition) is 0. The van der Waals surface area contributed by atoms with Crippen molar-refractivity contribution in [3.8, 4) is 0 Å². The smallest absolute Gasteiger partial charge is 0.449 e. The summed E-state index contributed by atoms with van der Waals surface area (Å²) in [5.74, 6) is -7.46. The van der Waals surface area contributed by atoms with Crippen LogP contribution in [0.4, 0.5) is 21.7 Å². The molecule has 0 bridgehead atoms. The maximum atomic E-state index is 12.5. The molecule has 70 valence electrons. The molecule has 2 saturated carbocycles. The van der Waals surface area contributed by atoms with Gasteiger partial charge in [-0.2, -0.15) is 0 Å². The van der Waals surface area contributed by atoms with E-state index in [4.69, 9.17) is 0 Å². The molecule has 0 N–H and O–H groups in total. The van der Waals surface area contributed by atoms with Gasteiger partial charge in [0.1, 0.15) is 0 Å². The van der Waals surface area contributed by atoms with Gasteiger partial charge in [-0.15, -0.1) is 0 Å². The van der Waals surface area contributed by atoms with Crippen LogP contribution in [-0.2, 0) is 0 Å². The van der Waals surface area contributed by atoms with Crippen LogP contribution in [0.3, 0.4) is 0 Å². The van der Waals surface area contributed by atoms with Gasteiger partial charge in [-0.05, 0) is 24.6 Å². The molecule has 0 aromatic rings. The predicted molar refractivity (Wildman–Crippen MR) is 34.0 cm³/mol.